The van der Waals surface area contributed by atoms with Crippen molar-refractivity contribution < 1.29 is 32.3 Å². The van der Waals surface area contributed by atoms with Gasteiger partial charge in [-0.1, -0.05) is 0 Å². The van der Waals surface area contributed by atoms with Crippen LogP contribution < -0.4 is 0 Å². The molecule has 7 nitrogen and oxygen atoms in total. The lowest BCUT2D eigenvalue weighted by atomic mass is 11.8. The number of hydrogen-bond acceptors (Lipinski definition) is 5. The van der Waals surface area contributed by atoms with Gasteiger partial charge in [-0.15, -0.1) is 0 Å². The van der Waals surface area contributed by atoms with E-state index in [0.717, 1.165) is 14.2 Å². The Bertz CT molecular complexity index is 188. The van der Waals surface area contributed by atoms with Crippen LogP contribution in [0.3, 0.4) is 0 Å². The highest BCUT2D eigenvalue weighted by molar-refractivity contribution is 7.61. The normalized spacial score (nSPS) is 22.2. The van der Waals surface area contributed by atoms with E-state index in [2.05, 4.69) is 13.4 Å². The van der Waals surface area contributed by atoms with E-state index in [4.69, 9.17) is 9.79 Å². The van der Waals surface area contributed by atoms with E-state index in [0.29, 0.717) is 0 Å². The van der Waals surface area contributed by atoms with Crippen LogP contribution in [0.15, 0.2) is 0 Å². The summed E-state index contributed by atoms with van der Waals surface area (Å²) in [5.74, 6) is 0. The molecule has 2 atom stereocenters. The predicted octanol–water partition coefficient (Wildman–Crippen LogP) is 0.497. The molecule has 68 valence electrons. The third-order valence-corrected chi connectivity index (χ3v) is 3.24. The zero-order valence-corrected chi connectivity index (χ0v) is 7.62. The highest BCUT2D eigenvalue weighted by Crippen LogP contribution is 2.59. The van der Waals surface area contributed by atoms with Crippen LogP contribution in [-0.2, 0) is 22.5 Å². The fraction of sp³-hybridized carbons (Fsp3) is 1.00. The average molecular weight is 206 g/mol. The molecule has 0 aromatic heterocycles. The Morgan fingerprint density at radius 1 is 1.00 bits per heavy atom. The molecule has 0 aromatic carbocycles. The molecule has 11 heavy (non-hydrogen) atoms. The van der Waals surface area contributed by atoms with Gasteiger partial charge in [0.05, 0.1) is 0 Å². The zero-order chi connectivity index (χ0) is 9.12. The summed E-state index contributed by atoms with van der Waals surface area (Å²) in [7, 11) is -7.18. The zero-order valence-electron chi connectivity index (χ0n) is 5.83. The first-order valence-electron chi connectivity index (χ1n) is 2.31. The van der Waals surface area contributed by atoms with E-state index in [1.807, 2.05) is 0 Å². The molecule has 0 fully saturated rings. The maximum atomic E-state index is 10.5. The topological polar surface area (TPSA) is 102 Å². The van der Waals surface area contributed by atoms with Gasteiger partial charge in [-0.25, -0.2) is 9.13 Å². The molecule has 0 bridgehead atoms. The van der Waals surface area contributed by atoms with Crippen LogP contribution in [0.1, 0.15) is 0 Å². The third kappa shape index (κ3) is 4.66. The summed E-state index contributed by atoms with van der Waals surface area (Å²) in [6.45, 7) is 0. The molecule has 2 N–H and O–H groups in total. The van der Waals surface area contributed by atoms with Crippen molar-refractivity contribution in [1.82, 2.24) is 0 Å². The molecule has 2 unspecified atom stereocenters. The van der Waals surface area contributed by atoms with Crippen molar-refractivity contribution in [2.24, 2.45) is 0 Å². The SMILES string of the molecule is COP(=O)(O)OP(=O)(O)OC. The molecule has 0 aliphatic heterocycles. The minimum atomic E-state index is -4.45. The number of hydrogen-bond donors (Lipinski definition) is 2. The molecule has 0 amide bonds. The molecular weight excluding hydrogens is 198 g/mol. The van der Waals surface area contributed by atoms with Crippen molar-refractivity contribution in [1.29, 1.82) is 0 Å². The molecule has 0 spiro atoms. The summed E-state index contributed by atoms with van der Waals surface area (Å²) in [6, 6.07) is 0. The molecular formula is C2H8O7P2. The maximum Gasteiger partial charge on any atom is 0.480 e. The van der Waals surface area contributed by atoms with Gasteiger partial charge in [0.2, 0.25) is 0 Å². The Morgan fingerprint density at radius 2 is 1.27 bits per heavy atom. The van der Waals surface area contributed by atoms with Crippen LogP contribution in [0.2, 0.25) is 0 Å². The van der Waals surface area contributed by atoms with E-state index in [1.54, 1.807) is 0 Å². The van der Waals surface area contributed by atoms with Crippen molar-refractivity contribution >= 4 is 15.6 Å². The van der Waals surface area contributed by atoms with Crippen molar-refractivity contribution in [2.45, 2.75) is 0 Å². The predicted molar refractivity (Wildman–Crippen MR) is 34.8 cm³/mol. The summed E-state index contributed by atoms with van der Waals surface area (Å²) in [5.41, 5.74) is 0. The van der Waals surface area contributed by atoms with Gasteiger partial charge in [-0.3, -0.25) is 9.05 Å². The Hall–Kier alpha value is 0.260. The first-order chi connectivity index (χ1) is 4.83. The summed E-state index contributed by atoms with van der Waals surface area (Å²) in [6.07, 6.45) is 0. The second kappa shape index (κ2) is 3.78. The minimum absolute atomic E-state index is 0.858. The lowest BCUT2D eigenvalue weighted by Gasteiger charge is -2.11. The molecule has 0 radical (unpaired) electrons. The summed E-state index contributed by atoms with van der Waals surface area (Å²) >= 11 is 0. The van der Waals surface area contributed by atoms with Crippen molar-refractivity contribution in [3.05, 3.63) is 0 Å². The fourth-order valence-corrected chi connectivity index (χ4v) is 1.77. The van der Waals surface area contributed by atoms with Crippen LogP contribution in [0.25, 0.3) is 0 Å². The molecule has 0 rings (SSSR count). The summed E-state index contributed by atoms with van der Waals surface area (Å²) in [5, 5.41) is 0. The van der Waals surface area contributed by atoms with Gasteiger partial charge in [0.15, 0.2) is 0 Å². The molecule has 0 heterocycles. The van der Waals surface area contributed by atoms with E-state index >= 15 is 0 Å². The average Bonchev–Trinajstić information content (AvgIpc) is 1.86. The van der Waals surface area contributed by atoms with Crippen molar-refractivity contribution in [3.63, 3.8) is 0 Å². The Kier molecular flexibility index (Phi) is 3.87. The second-order valence-corrected chi connectivity index (χ2v) is 4.64. The lowest BCUT2D eigenvalue weighted by Crippen LogP contribution is -1.91. The molecule has 0 aliphatic carbocycles. The lowest BCUT2D eigenvalue weighted by molar-refractivity contribution is 0.188. The molecule has 0 saturated carbocycles. The van der Waals surface area contributed by atoms with Crippen LogP contribution >= 0.6 is 15.6 Å². The van der Waals surface area contributed by atoms with Crippen molar-refractivity contribution in [2.75, 3.05) is 14.2 Å². The van der Waals surface area contributed by atoms with Crippen molar-refractivity contribution in [3.8, 4) is 0 Å². The van der Waals surface area contributed by atoms with E-state index in [1.165, 1.54) is 0 Å². The fourth-order valence-electron chi connectivity index (χ4n) is 0.197. The van der Waals surface area contributed by atoms with Gasteiger partial charge in [-0.05, 0) is 0 Å². The number of rotatable bonds is 4. The standard InChI is InChI=1S/C2H8O7P2/c1-7-10(3,4)9-11(5,6)8-2/h1-2H3,(H,3,4)(H,5,6). The quantitative estimate of drug-likeness (QED) is 0.645. The minimum Gasteiger partial charge on any atom is -0.302 e. The Balaban J connectivity index is 4.26. The van der Waals surface area contributed by atoms with Crippen LogP contribution in [0.5, 0.6) is 0 Å². The Morgan fingerprint density at radius 3 is 1.45 bits per heavy atom. The third-order valence-electron chi connectivity index (χ3n) is 0.668. The van der Waals surface area contributed by atoms with Gasteiger partial charge in [0, 0.05) is 14.2 Å². The largest absolute Gasteiger partial charge is 0.480 e. The van der Waals surface area contributed by atoms with Gasteiger partial charge in [0.25, 0.3) is 0 Å². The summed E-state index contributed by atoms with van der Waals surface area (Å²) in [4.78, 5) is 17.0. The van der Waals surface area contributed by atoms with E-state index in [9.17, 15) is 9.13 Å². The van der Waals surface area contributed by atoms with Crippen LogP contribution in [0.4, 0.5) is 0 Å². The highest BCUT2D eigenvalue weighted by atomic mass is 31.3. The highest BCUT2D eigenvalue weighted by Gasteiger charge is 2.32. The van der Waals surface area contributed by atoms with E-state index < -0.39 is 15.6 Å². The maximum absolute atomic E-state index is 10.5. The van der Waals surface area contributed by atoms with Crippen LogP contribution in [0, 0.1) is 0 Å². The summed E-state index contributed by atoms with van der Waals surface area (Å²) < 4.78 is 32.3. The number of phosphoric ester groups is 2. The van der Waals surface area contributed by atoms with E-state index in [-0.39, 0.29) is 0 Å². The first kappa shape index (κ1) is 11.3. The monoisotopic (exact) mass is 206 g/mol. The van der Waals surface area contributed by atoms with Gasteiger partial charge < -0.3 is 9.79 Å². The second-order valence-electron chi connectivity index (χ2n) is 1.38. The van der Waals surface area contributed by atoms with Crippen LogP contribution in [-0.4, -0.2) is 24.0 Å². The van der Waals surface area contributed by atoms with Gasteiger partial charge in [0.1, 0.15) is 0 Å². The molecule has 0 saturated heterocycles. The smallest absolute Gasteiger partial charge is 0.302 e. The molecule has 9 heteroatoms. The van der Waals surface area contributed by atoms with Gasteiger partial charge in [-0.2, -0.15) is 4.31 Å². The molecule has 0 aromatic rings. The van der Waals surface area contributed by atoms with Gasteiger partial charge >= 0.3 is 15.6 Å². The molecule has 0 aliphatic rings. The Labute approximate surface area is 63.1 Å². The number of phosphoric acid groups is 2. The first-order valence-corrected chi connectivity index (χ1v) is 5.30.